The summed E-state index contributed by atoms with van der Waals surface area (Å²) in [4.78, 5) is 4.78. The lowest BCUT2D eigenvalue weighted by Gasteiger charge is -2.23. The third-order valence-corrected chi connectivity index (χ3v) is 5.23. The van der Waals surface area contributed by atoms with Gasteiger partial charge in [0.2, 0.25) is 0 Å². The normalized spacial score (nSPS) is 18.2. The van der Waals surface area contributed by atoms with E-state index in [1.54, 1.807) is 0 Å². The molecule has 102 valence electrons. The standard InChI is InChI=1S/C16H22N2S/c1-2-17-14(12-7-3-4-8-12)11-16-18-13-9-5-6-10-15(13)19-16/h5-6,9-10,12,14,17H,2-4,7-8,11H2,1H3. The number of hydrogen-bond donors (Lipinski definition) is 1. The largest absolute Gasteiger partial charge is 0.314 e. The van der Waals surface area contributed by atoms with Gasteiger partial charge in [0, 0.05) is 12.5 Å². The van der Waals surface area contributed by atoms with Crippen LogP contribution < -0.4 is 5.32 Å². The van der Waals surface area contributed by atoms with Crippen molar-refractivity contribution in [1.82, 2.24) is 10.3 Å². The van der Waals surface area contributed by atoms with Gasteiger partial charge in [0.05, 0.1) is 15.2 Å². The number of nitrogens with zero attached hydrogens (tertiary/aromatic N) is 1. The highest BCUT2D eigenvalue weighted by atomic mass is 32.1. The molecule has 2 aromatic rings. The summed E-state index contributed by atoms with van der Waals surface area (Å²) in [7, 11) is 0. The second-order valence-corrected chi connectivity index (χ2v) is 6.60. The molecule has 1 aromatic heterocycles. The van der Waals surface area contributed by atoms with Crippen molar-refractivity contribution in [2.24, 2.45) is 5.92 Å². The fourth-order valence-corrected chi connectivity index (χ4v) is 4.25. The molecule has 1 aliphatic rings. The number of likely N-dealkylation sites (N-methyl/N-ethyl adjacent to an activating group) is 1. The molecule has 2 nitrogen and oxygen atoms in total. The Hall–Kier alpha value is -0.930. The van der Waals surface area contributed by atoms with E-state index in [2.05, 4.69) is 36.5 Å². The van der Waals surface area contributed by atoms with E-state index in [0.29, 0.717) is 6.04 Å². The molecule has 1 aliphatic carbocycles. The lowest BCUT2D eigenvalue weighted by atomic mass is 9.95. The highest BCUT2D eigenvalue weighted by Crippen LogP contribution is 2.31. The van der Waals surface area contributed by atoms with Crippen LogP contribution in [0.25, 0.3) is 10.2 Å². The Morgan fingerprint density at radius 3 is 2.84 bits per heavy atom. The Morgan fingerprint density at radius 1 is 1.32 bits per heavy atom. The van der Waals surface area contributed by atoms with Crippen LogP contribution in [0.4, 0.5) is 0 Å². The van der Waals surface area contributed by atoms with Crippen molar-refractivity contribution in [2.75, 3.05) is 6.54 Å². The second kappa shape index (κ2) is 6.02. The first kappa shape index (κ1) is 13.1. The summed E-state index contributed by atoms with van der Waals surface area (Å²) < 4.78 is 1.32. The minimum Gasteiger partial charge on any atom is -0.314 e. The van der Waals surface area contributed by atoms with Crippen LogP contribution in [0.15, 0.2) is 24.3 Å². The molecular weight excluding hydrogens is 252 g/mol. The summed E-state index contributed by atoms with van der Waals surface area (Å²) in [6.07, 6.45) is 6.70. The third-order valence-electron chi connectivity index (χ3n) is 4.17. The van der Waals surface area contributed by atoms with Gasteiger partial charge in [-0.15, -0.1) is 11.3 Å². The predicted octanol–water partition coefficient (Wildman–Crippen LogP) is 4.01. The fourth-order valence-electron chi connectivity index (χ4n) is 3.22. The van der Waals surface area contributed by atoms with Gasteiger partial charge in [-0.3, -0.25) is 0 Å². The molecule has 0 amide bonds. The van der Waals surface area contributed by atoms with Crippen LogP contribution in [-0.4, -0.2) is 17.6 Å². The second-order valence-electron chi connectivity index (χ2n) is 5.49. The zero-order valence-electron chi connectivity index (χ0n) is 11.6. The Kier molecular flexibility index (Phi) is 4.14. The summed E-state index contributed by atoms with van der Waals surface area (Å²) in [5.41, 5.74) is 1.16. The van der Waals surface area contributed by atoms with E-state index in [0.717, 1.165) is 24.4 Å². The van der Waals surface area contributed by atoms with Crippen molar-refractivity contribution >= 4 is 21.6 Å². The Balaban J connectivity index is 1.76. The van der Waals surface area contributed by atoms with Crippen LogP contribution in [-0.2, 0) is 6.42 Å². The van der Waals surface area contributed by atoms with Gasteiger partial charge in [-0.1, -0.05) is 31.9 Å². The monoisotopic (exact) mass is 274 g/mol. The SMILES string of the molecule is CCNC(Cc1nc2ccccc2s1)C1CCCC1. The molecule has 1 N–H and O–H groups in total. The highest BCUT2D eigenvalue weighted by molar-refractivity contribution is 7.18. The third kappa shape index (κ3) is 2.98. The maximum atomic E-state index is 4.78. The van der Waals surface area contributed by atoms with Crippen LogP contribution in [0.1, 0.15) is 37.6 Å². The molecule has 0 bridgehead atoms. The summed E-state index contributed by atoms with van der Waals surface area (Å²) in [6.45, 7) is 3.27. The van der Waals surface area contributed by atoms with Gasteiger partial charge in [-0.2, -0.15) is 0 Å². The molecule has 19 heavy (non-hydrogen) atoms. The number of para-hydroxylation sites is 1. The first-order chi connectivity index (χ1) is 9.36. The van der Waals surface area contributed by atoms with Crippen LogP contribution >= 0.6 is 11.3 Å². The molecule has 1 atom stereocenters. The van der Waals surface area contributed by atoms with Gasteiger partial charge < -0.3 is 5.32 Å². The first-order valence-corrected chi connectivity index (χ1v) is 8.26. The summed E-state index contributed by atoms with van der Waals surface area (Å²) >= 11 is 1.86. The Bertz CT molecular complexity index is 495. The first-order valence-electron chi connectivity index (χ1n) is 7.44. The molecule has 1 heterocycles. The maximum absolute atomic E-state index is 4.78. The molecule has 0 spiro atoms. The molecular formula is C16H22N2S. The zero-order chi connectivity index (χ0) is 13.1. The predicted molar refractivity (Wildman–Crippen MR) is 82.7 cm³/mol. The molecule has 1 saturated carbocycles. The molecule has 0 radical (unpaired) electrons. The number of hydrogen-bond acceptors (Lipinski definition) is 3. The molecule has 3 rings (SSSR count). The number of benzene rings is 1. The Labute approximate surface area is 119 Å². The van der Waals surface area contributed by atoms with Gasteiger partial charge in [-0.05, 0) is 37.4 Å². The molecule has 0 aliphatic heterocycles. The van der Waals surface area contributed by atoms with Crippen LogP contribution in [0.5, 0.6) is 0 Å². The fraction of sp³-hybridized carbons (Fsp3) is 0.562. The highest BCUT2D eigenvalue weighted by Gasteiger charge is 2.25. The topological polar surface area (TPSA) is 24.9 Å². The number of rotatable bonds is 5. The van der Waals surface area contributed by atoms with Crippen molar-refractivity contribution in [3.05, 3.63) is 29.3 Å². The molecule has 3 heteroatoms. The van der Waals surface area contributed by atoms with E-state index in [1.165, 1.54) is 35.4 Å². The van der Waals surface area contributed by atoms with Crippen molar-refractivity contribution in [3.8, 4) is 0 Å². The van der Waals surface area contributed by atoms with Crippen molar-refractivity contribution in [2.45, 2.75) is 45.1 Å². The minimum absolute atomic E-state index is 0.619. The number of aromatic nitrogens is 1. The van der Waals surface area contributed by atoms with Crippen LogP contribution in [0.3, 0.4) is 0 Å². The van der Waals surface area contributed by atoms with Crippen LogP contribution in [0.2, 0.25) is 0 Å². The van der Waals surface area contributed by atoms with E-state index in [9.17, 15) is 0 Å². The average molecular weight is 274 g/mol. The van der Waals surface area contributed by atoms with E-state index in [4.69, 9.17) is 4.98 Å². The van der Waals surface area contributed by atoms with Gasteiger partial charge in [-0.25, -0.2) is 4.98 Å². The van der Waals surface area contributed by atoms with E-state index in [1.807, 2.05) is 11.3 Å². The van der Waals surface area contributed by atoms with E-state index in [-0.39, 0.29) is 0 Å². The lowest BCUT2D eigenvalue weighted by molar-refractivity contribution is 0.362. The summed E-state index contributed by atoms with van der Waals surface area (Å²) in [6, 6.07) is 9.09. The lowest BCUT2D eigenvalue weighted by Crippen LogP contribution is -2.36. The van der Waals surface area contributed by atoms with Gasteiger partial charge in [0.15, 0.2) is 0 Å². The molecule has 1 unspecified atom stereocenters. The van der Waals surface area contributed by atoms with E-state index < -0.39 is 0 Å². The van der Waals surface area contributed by atoms with Crippen LogP contribution in [0, 0.1) is 5.92 Å². The van der Waals surface area contributed by atoms with Gasteiger partial charge in [0.1, 0.15) is 0 Å². The maximum Gasteiger partial charge on any atom is 0.0954 e. The van der Waals surface area contributed by atoms with Crippen molar-refractivity contribution in [3.63, 3.8) is 0 Å². The van der Waals surface area contributed by atoms with E-state index >= 15 is 0 Å². The number of nitrogens with one attached hydrogen (secondary N) is 1. The van der Waals surface area contributed by atoms with Crippen molar-refractivity contribution in [1.29, 1.82) is 0 Å². The smallest absolute Gasteiger partial charge is 0.0954 e. The minimum atomic E-state index is 0.619. The summed E-state index contributed by atoms with van der Waals surface area (Å²) in [5, 5.41) is 4.97. The number of fused-ring (bicyclic) bond motifs is 1. The quantitative estimate of drug-likeness (QED) is 0.891. The van der Waals surface area contributed by atoms with Gasteiger partial charge >= 0.3 is 0 Å². The molecule has 1 fully saturated rings. The van der Waals surface area contributed by atoms with Crippen molar-refractivity contribution < 1.29 is 0 Å². The molecule has 0 saturated heterocycles. The zero-order valence-corrected chi connectivity index (χ0v) is 12.4. The molecule has 1 aromatic carbocycles. The average Bonchev–Trinajstić information content (AvgIpc) is 3.07. The summed E-state index contributed by atoms with van der Waals surface area (Å²) in [5.74, 6) is 0.854. The number of thiazole rings is 1. The Morgan fingerprint density at radius 2 is 2.11 bits per heavy atom. The van der Waals surface area contributed by atoms with Gasteiger partial charge in [0.25, 0.3) is 0 Å².